The zero-order valence-corrected chi connectivity index (χ0v) is 16.8. The lowest BCUT2D eigenvalue weighted by Crippen LogP contribution is -2.40. The normalized spacial score (nSPS) is 11.7. The second-order valence-corrected chi connectivity index (χ2v) is 8.58. The summed E-state index contributed by atoms with van der Waals surface area (Å²) in [5.74, 6) is 0.572. The van der Waals surface area contributed by atoms with E-state index in [0.717, 1.165) is 0 Å². The molecule has 0 unspecified atom stereocenters. The zero-order chi connectivity index (χ0) is 20.2. The summed E-state index contributed by atoms with van der Waals surface area (Å²) in [6.45, 7) is 5.30. The van der Waals surface area contributed by atoms with Crippen LogP contribution in [0.15, 0.2) is 47.4 Å². The second kappa shape index (κ2) is 7.98. The molecular formula is C19H24N2O5S. The van der Waals surface area contributed by atoms with Gasteiger partial charge in [-0.1, -0.05) is 0 Å². The van der Waals surface area contributed by atoms with E-state index < -0.39 is 15.6 Å². The molecule has 27 heavy (non-hydrogen) atoms. The molecule has 0 saturated carbocycles. The molecule has 0 aliphatic carbocycles. The van der Waals surface area contributed by atoms with Crippen molar-refractivity contribution in [2.45, 2.75) is 31.2 Å². The Morgan fingerprint density at radius 3 is 2.11 bits per heavy atom. The van der Waals surface area contributed by atoms with E-state index in [-0.39, 0.29) is 10.8 Å². The van der Waals surface area contributed by atoms with Gasteiger partial charge in [-0.2, -0.15) is 0 Å². The van der Waals surface area contributed by atoms with Crippen LogP contribution in [-0.4, -0.2) is 34.1 Å². The van der Waals surface area contributed by atoms with Crippen molar-refractivity contribution in [3.8, 4) is 11.5 Å². The number of hydrogen-bond acceptors (Lipinski definition) is 5. The number of nitrogens with one attached hydrogen (secondary N) is 2. The van der Waals surface area contributed by atoms with Crippen LogP contribution in [0, 0.1) is 0 Å². The van der Waals surface area contributed by atoms with Crippen LogP contribution in [0.1, 0.15) is 31.1 Å². The van der Waals surface area contributed by atoms with Gasteiger partial charge < -0.3 is 14.8 Å². The molecule has 8 heteroatoms. The maximum Gasteiger partial charge on any atom is 0.259 e. The van der Waals surface area contributed by atoms with Crippen molar-refractivity contribution >= 4 is 21.6 Å². The summed E-state index contributed by atoms with van der Waals surface area (Å²) in [5, 5.41) is 2.72. The summed E-state index contributed by atoms with van der Waals surface area (Å²) in [5.41, 5.74) is 0.216. The van der Waals surface area contributed by atoms with Crippen LogP contribution >= 0.6 is 0 Å². The molecule has 0 atom stereocenters. The lowest BCUT2D eigenvalue weighted by atomic mass is 10.1. The average molecular weight is 392 g/mol. The van der Waals surface area contributed by atoms with Gasteiger partial charge in [0.25, 0.3) is 5.91 Å². The third kappa shape index (κ3) is 5.45. The number of carbonyl (C=O) groups excluding carboxylic acids is 1. The van der Waals surface area contributed by atoms with E-state index in [1.165, 1.54) is 38.5 Å². The van der Waals surface area contributed by atoms with Gasteiger partial charge in [-0.3, -0.25) is 4.79 Å². The van der Waals surface area contributed by atoms with Gasteiger partial charge >= 0.3 is 0 Å². The zero-order valence-electron chi connectivity index (χ0n) is 16.0. The summed E-state index contributed by atoms with van der Waals surface area (Å²) >= 11 is 0. The molecule has 2 aromatic rings. The maximum atomic E-state index is 12.5. The highest BCUT2D eigenvalue weighted by molar-refractivity contribution is 7.89. The Morgan fingerprint density at radius 1 is 0.963 bits per heavy atom. The highest BCUT2D eigenvalue weighted by Crippen LogP contribution is 2.25. The van der Waals surface area contributed by atoms with Gasteiger partial charge in [-0.15, -0.1) is 0 Å². The van der Waals surface area contributed by atoms with Crippen molar-refractivity contribution in [1.82, 2.24) is 4.72 Å². The highest BCUT2D eigenvalue weighted by Gasteiger charge is 2.22. The van der Waals surface area contributed by atoms with E-state index in [2.05, 4.69) is 10.0 Å². The largest absolute Gasteiger partial charge is 0.497 e. The summed E-state index contributed by atoms with van der Waals surface area (Å²) in [4.78, 5) is 12.6. The van der Waals surface area contributed by atoms with Crippen molar-refractivity contribution in [3.05, 3.63) is 48.0 Å². The van der Waals surface area contributed by atoms with E-state index in [9.17, 15) is 13.2 Å². The number of rotatable bonds is 6. The van der Waals surface area contributed by atoms with Gasteiger partial charge in [0.2, 0.25) is 10.0 Å². The van der Waals surface area contributed by atoms with Crippen LogP contribution in [0.2, 0.25) is 0 Å². The fraction of sp³-hybridized carbons (Fsp3) is 0.316. The third-order valence-corrected chi connectivity index (χ3v) is 5.29. The molecule has 0 aliphatic heterocycles. The molecule has 0 aliphatic rings. The van der Waals surface area contributed by atoms with Gasteiger partial charge in [-0.05, 0) is 57.2 Å². The van der Waals surface area contributed by atoms with E-state index in [0.29, 0.717) is 22.7 Å². The minimum atomic E-state index is -3.63. The molecule has 7 nitrogen and oxygen atoms in total. The van der Waals surface area contributed by atoms with E-state index in [4.69, 9.17) is 9.47 Å². The number of anilines is 1. The number of ether oxygens (including phenoxy) is 2. The molecule has 146 valence electrons. The molecular weight excluding hydrogens is 368 g/mol. The van der Waals surface area contributed by atoms with E-state index in [1.54, 1.807) is 39.0 Å². The monoisotopic (exact) mass is 392 g/mol. The Kier molecular flexibility index (Phi) is 6.12. The van der Waals surface area contributed by atoms with E-state index in [1.807, 2.05) is 0 Å². The number of amides is 1. The molecule has 2 N–H and O–H groups in total. The minimum absolute atomic E-state index is 0.123. The number of hydrogen-bond donors (Lipinski definition) is 2. The molecule has 1 amide bonds. The fourth-order valence-corrected chi connectivity index (χ4v) is 3.78. The Hall–Kier alpha value is -2.58. The lowest BCUT2D eigenvalue weighted by Gasteiger charge is -2.20. The molecule has 0 fully saturated rings. The highest BCUT2D eigenvalue weighted by atomic mass is 32.2. The van der Waals surface area contributed by atoms with Crippen LogP contribution in [0.5, 0.6) is 11.5 Å². The summed E-state index contributed by atoms with van der Waals surface area (Å²) < 4.78 is 37.6. The van der Waals surface area contributed by atoms with Crippen LogP contribution in [0.3, 0.4) is 0 Å². The lowest BCUT2D eigenvalue weighted by molar-refractivity contribution is 0.102. The predicted octanol–water partition coefficient (Wildman–Crippen LogP) is 3.03. The van der Waals surface area contributed by atoms with Gasteiger partial charge in [-0.25, -0.2) is 13.1 Å². The quantitative estimate of drug-likeness (QED) is 0.788. The Balaban J connectivity index is 2.18. The minimum Gasteiger partial charge on any atom is -0.497 e. The second-order valence-electron chi connectivity index (χ2n) is 6.90. The van der Waals surface area contributed by atoms with E-state index >= 15 is 0 Å². The molecule has 0 radical (unpaired) electrons. The van der Waals surface area contributed by atoms with Crippen molar-refractivity contribution in [2.75, 3.05) is 19.5 Å². The van der Waals surface area contributed by atoms with Gasteiger partial charge in [0.05, 0.1) is 24.7 Å². The number of carbonyl (C=O) groups is 1. The first-order chi connectivity index (χ1) is 12.6. The molecule has 0 saturated heterocycles. The smallest absolute Gasteiger partial charge is 0.259 e. The van der Waals surface area contributed by atoms with Crippen molar-refractivity contribution < 1.29 is 22.7 Å². The SMILES string of the molecule is COc1ccc(C(=O)Nc2ccc(S(=O)(=O)NC(C)(C)C)cc2)c(OC)c1. The molecule has 0 aromatic heterocycles. The third-order valence-electron chi connectivity index (χ3n) is 3.52. The first kappa shape index (κ1) is 20.7. The summed E-state index contributed by atoms with van der Waals surface area (Å²) in [6.07, 6.45) is 0. The first-order valence-electron chi connectivity index (χ1n) is 8.23. The number of sulfonamides is 1. The Bertz CT molecular complexity index is 916. The first-order valence-corrected chi connectivity index (χ1v) is 9.71. The Labute approximate surface area is 159 Å². The standard InChI is InChI=1S/C19H24N2O5S/c1-19(2,3)21-27(23,24)15-9-6-13(7-10-15)20-18(22)16-11-8-14(25-4)12-17(16)26-5/h6-12,21H,1-5H3,(H,20,22). The average Bonchev–Trinajstić information content (AvgIpc) is 2.59. The van der Waals surface area contributed by atoms with Crippen molar-refractivity contribution in [3.63, 3.8) is 0 Å². The van der Waals surface area contributed by atoms with Gasteiger partial charge in [0.15, 0.2) is 0 Å². The van der Waals surface area contributed by atoms with Crippen LogP contribution in [0.25, 0.3) is 0 Å². The van der Waals surface area contributed by atoms with Gasteiger partial charge in [0, 0.05) is 17.3 Å². The summed E-state index contributed by atoms with van der Waals surface area (Å²) in [7, 11) is -0.638. The molecule has 0 bridgehead atoms. The van der Waals surface area contributed by atoms with Crippen LogP contribution < -0.4 is 19.5 Å². The Morgan fingerprint density at radius 2 is 1.59 bits per heavy atom. The molecule has 0 spiro atoms. The summed E-state index contributed by atoms with van der Waals surface area (Å²) in [6, 6.07) is 10.8. The molecule has 2 rings (SSSR count). The van der Waals surface area contributed by atoms with Crippen LogP contribution in [0.4, 0.5) is 5.69 Å². The van der Waals surface area contributed by atoms with Crippen molar-refractivity contribution in [2.24, 2.45) is 0 Å². The van der Waals surface area contributed by atoms with Gasteiger partial charge in [0.1, 0.15) is 11.5 Å². The predicted molar refractivity (Wildman–Crippen MR) is 104 cm³/mol. The number of methoxy groups -OCH3 is 2. The maximum absolute atomic E-state index is 12.5. The number of benzene rings is 2. The fourth-order valence-electron chi connectivity index (χ4n) is 2.36. The topological polar surface area (TPSA) is 93.7 Å². The molecule has 2 aromatic carbocycles. The molecule has 0 heterocycles. The van der Waals surface area contributed by atoms with Crippen LogP contribution in [-0.2, 0) is 10.0 Å². The van der Waals surface area contributed by atoms with Crippen molar-refractivity contribution in [1.29, 1.82) is 0 Å².